The van der Waals surface area contributed by atoms with E-state index in [1.807, 2.05) is 50.2 Å². The van der Waals surface area contributed by atoms with Gasteiger partial charge in [-0.3, -0.25) is 4.79 Å². The summed E-state index contributed by atoms with van der Waals surface area (Å²) >= 11 is 0. The number of sulfonamides is 1. The maximum absolute atomic E-state index is 12.7. The van der Waals surface area contributed by atoms with Crippen molar-refractivity contribution in [2.24, 2.45) is 0 Å². The summed E-state index contributed by atoms with van der Waals surface area (Å²) in [5.41, 5.74) is 2.68. The standard InChI is InChI=1S/C21H22N2O3S/c1-14-7-6-10-20(15(14)2)22-21(24)16(3)23-27(25,26)19-12-11-17-8-4-5-9-18(17)13-19/h4-13,16,23H,1-3H3,(H,22,24)/t16-/m1/s1. The number of amides is 1. The van der Waals surface area contributed by atoms with E-state index in [-0.39, 0.29) is 4.90 Å². The number of carbonyl (C=O) groups is 1. The Morgan fingerprint density at radius 2 is 1.63 bits per heavy atom. The van der Waals surface area contributed by atoms with E-state index in [4.69, 9.17) is 0 Å². The van der Waals surface area contributed by atoms with Gasteiger partial charge in [-0.1, -0.05) is 42.5 Å². The molecule has 3 rings (SSSR count). The topological polar surface area (TPSA) is 75.3 Å². The molecule has 27 heavy (non-hydrogen) atoms. The van der Waals surface area contributed by atoms with Gasteiger partial charge in [0.25, 0.3) is 0 Å². The lowest BCUT2D eigenvalue weighted by Gasteiger charge is -2.16. The highest BCUT2D eigenvalue weighted by Gasteiger charge is 2.22. The molecule has 0 spiro atoms. The van der Waals surface area contributed by atoms with Gasteiger partial charge in [-0.15, -0.1) is 0 Å². The van der Waals surface area contributed by atoms with Gasteiger partial charge in [-0.05, 0) is 60.9 Å². The van der Waals surface area contributed by atoms with Crippen LogP contribution in [-0.2, 0) is 14.8 Å². The van der Waals surface area contributed by atoms with Crippen molar-refractivity contribution in [3.05, 3.63) is 71.8 Å². The monoisotopic (exact) mass is 382 g/mol. The molecule has 0 heterocycles. The van der Waals surface area contributed by atoms with Crippen molar-refractivity contribution in [3.63, 3.8) is 0 Å². The molecule has 5 nitrogen and oxygen atoms in total. The SMILES string of the molecule is Cc1cccc(NC(=O)[C@@H](C)NS(=O)(=O)c2ccc3ccccc3c2)c1C. The second-order valence-corrected chi connectivity index (χ2v) is 8.30. The predicted molar refractivity (Wildman–Crippen MR) is 108 cm³/mol. The Morgan fingerprint density at radius 3 is 2.37 bits per heavy atom. The zero-order valence-electron chi connectivity index (χ0n) is 15.5. The van der Waals surface area contributed by atoms with Crippen LogP contribution < -0.4 is 10.0 Å². The first-order valence-electron chi connectivity index (χ1n) is 8.66. The Kier molecular flexibility index (Phi) is 5.30. The molecule has 6 heteroatoms. The van der Waals surface area contributed by atoms with Crippen LogP contribution in [-0.4, -0.2) is 20.4 Å². The molecule has 0 aliphatic heterocycles. The van der Waals surface area contributed by atoms with Crippen LogP contribution in [0.3, 0.4) is 0 Å². The average Bonchev–Trinajstić information content (AvgIpc) is 2.64. The van der Waals surface area contributed by atoms with Gasteiger partial charge in [0.15, 0.2) is 0 Å². The summed E-state index contributed by atoms with van der Waals surface area (Å²) in [5, 5.41) is 4.57. The minimum Gasteiger partial charge on any atom is -0.324 e. The zero-order chi connectivity index (χ0) is 19.6. The fourth-order valence-electron chi connectivity index (χ4n) is 2.82. The van der Waals surface area contributed by atoms with E-state index in [0.29, 0.717) is 5.69 Å². The lowest BCUT2D eigenvalue weighted by molar-refractivity contribution is -0.117. The zero-order valence-corrected chi connectivity index (χ0v) is 16.3. The molecule has 3 aromatic carbocycles. The summed E-state index contributed by atoms with van der Waals surface area (Å²) < 4.78 is 27.8. The Hall–Kier alpha value is -2.70. The molecule has 1 amide bonds. The lowest BCUT2D eigenvalue weighted by Crippen LogP contribution is -2.41. The number of anilines is 1. The first-order chi connectivity index (χ1) is 12.8. The molecule has 0 fully saturated rings. The Bertz CT molecular complexity index is 1110. The van der Waals surface area contributed by atoms with E-state index < -0.39 is 22.0 Å². The third kappa shape index (κ3) is 4.18. The first kappa shape index (κ1) is 19.1. The van der Waals surface area contributed by atoms with Gasteiger partial charge in [0, 0.05) is 5.69 Å². The third-order valence-electron chi connectivity index (χ3n) is 4.62. The molecule has 0 aromatic heterocycles. The highest BCUT2D eigenvalue weighted by molar-refractivity contribution is 7.89. The Balaban J connectivity index is 1.77. The molecule has 0 bridgehead atoms. The molecular formula is C21H22N2O3S. The molecule has 140 valence electrons. The minimum absolute atomic E-state index is 0.132. The molecule has 2 N–H and O–H groups in total. The van der Waals surface area contributed by atoms with Crippen LogP contribution in [0, 0.1) is 13.8 Å². The van der Waals surface area contributed by atoms with E-state index in [2.05, 4.69) is 10.0 Å². The number of nitrogens with one attached hydrogen (secondary N) is 2. The number of carbonyl (C=O) groups excluding carboxylic acids is 1. The van der Waals surface area contributed by atoms with Crippen molar-refractivity contribution in [3.8, 4) is 0 Å². The molecule has 0 aliphatic rings. The van der Waals surface area contributed by atoms with Crippen LogP contribution in [0.4, 0.5) is 5.69 Å². The number of hydrogen-bond donors (Lipinski definition) is 2. The summed E-state index contributed by atoms with van der Waals surface area (Å²) in [6.07, 6.45) is 0. The van der Waals surface area contributed by atoms with Crippen LogP contribution in [0.25, 0.3) is 10.8 Å². The van der Waals surface area contributed by atoms with E-state index >= 15 is 0 Å². The van der Waals surface area contributed by atoms with Crippen LogP contribution in [0.1, 0.15) is 18.1 Å². The maximum atomic E-state index is 12.7. The van der Waals surface area contributed by atoms with Crippen LogP contribution in [0.5, 0.6) is 0 Å². The second-order valence-electron chi connectivity index (χ2n) is 6.59. The van der Waals surface area contributed by atoms with Gasteiger partial charge in [0.2, 0.25) is 15.9 Å². The van der Waals surface area contributed by atoms with Crippen molar-refractivity contribution in [1.29, 1.82) is 0 Å². The molecular weight excluding hydrogens is 360 g/mol. The Morgan fingerprint density at radius 1 is 0.926 bits per heavy atom. The summed E-state index contributed by atoms with van der Waals surface area (Å²) in [5.74, 6) is -0.409. The normalized spacial score (nSPS) is 12.7. The summed E-state index contributed by atoms with van der Waals surface area (Å²) in [6, 6.07) is 17.1. The summed E-state index contributed by atoms with van der Waals surface area (Å²) in [6.45, 7) is 5.39. The Labute approximate surface area is 159 Å². The van der Waals surface area contributed by atoms with E-state index in [1.54, 1.807) is 24.3 Å². The average molecular weight is 382 g/mol. The van der Waals surface area contributed by atoms with Crippen molar-refractivity contribution in [1.82, 2.24) is 4.72 Å². The highest BCUT2D eigenvalue weighted by atomic mass is 32.2. The van der Waals surface area contributed by atoms with Crippen molar-refractivity contribution in [2.45, 2.75) is 31.7 Å². The quantitative estimate of drug-likeness (QED) is 0.705. The van der Waals surface area contributed by atoms with E-state index in [9.17, 15) is 13.2 Å². The van der Waals surface area contributed by atoms with E-state index in [0.717, 1.165) is 21.9 Å². The predicted octanol–water partition coefficient (Wildman–Crippen LogP) is 3.76. The van der Waals surface area contributed by atoms with Crippen LogP contribution >= 0.6 is 0 Å². The summed E-state index contributed by atoms with van der Waals surface area (Å²) in [7, 11) is -3.82. The van der Waals surface area contributed by atoms with Crippen molar-refractivity contribution in [2.75, 3.05) is 5.32 Å². The molecule has 0 aliphatic carbocycles. The van der Waals surface area contributed by atoms with E-state index in [1.165, 1.54) is 6.92 Å². The van der Waals surface area contributed by atoms with Gasteiger partial charge >= 0.3 is 0 Å². The number of rotatable bonds is 5. The van der Waals surface area contributed by atoms with Gasteiger partial charge in [0.1, 0.15) is 0 Å². The lowest BCUT2D eigenvalue weighted by atomic mass is 10.1. The number of benzene rings is 3. The minimum atomic E-state index is -3.82. The number of hydrogen-bond acceptors (Lipinski definition) is 3. The van der Waals surface area contributed by atoms with Gasteiger partial charge in [-0.25, -0.2) is 8.42 Å². The number of aryl methyl sites for hydroxylation is 1. The largest absolute Gasteiger partial charge is 0.324 e. The molecule has 3 aromatic rings. The van der Waals surface area contributed by atoms with Gasteiger partial charge in [0.05, 0.1) is 10.9 Å². The number of fused-ring (bicyclic) bond motifs is 1. The van der Waals surface area contributed by atoms with Crippen molar-refractivity contribution < 1.29 is 13.2 Å². The highest BCUT2D eigenvalue weighted by Crippen LogP contribution is 2.20. The van der Waals surface area contributed by atoms with Crippen LogP contribution in [0.15, 0.2) is 65.6 Å². The van der Waals surface area contributed by atoms with Crippen LogP contribution in [0.2, 0.25) is 0 Å². The molecule has 1 atom stereocenters. The molecule has 0 saturated heterocycles. The second kappa shape index (κ2) is 7.50. The van der Waals surface area contributed by atoms with Crippen molar-refractivity contribution >= 4 is 32.4 Å². The fourth-order valence-corrected chi connectivity index (χ4v) is 4.05. The van der Waals surface area contributed by atoms with Gasteiger partial charge < -0.3 is 5.32 Å². The fraction of sp³-hybridized carbons (Fsp3) is 0.190. The maximum Gasteiger partial charge on any atom is 0.242 e. The third-order valence-corrected chi connectivity index (χ3v) is 6.16. The first-order valence-corrected chi connectivity index (χ1v) is 10.1. The van der Waals surface area contributed by atoms with Gasteiger partial charge in [-0.2, -0.15) is 4.72 Å². The summed E-state index contributed by atoms with van der Waals surface area (Å²) in [4.78, 5) is 12.6. The molecule has 0 radical (unpaired) electrons. The molecule has 0 saturated carbocycles. The smallest absolute Gasteiger partial charge is 0.242 e. The molecule has 0 unspecified atom stereocenters.